The van der Waals surface area contributed by atoms with Gasteiger partial charge in [-0.3, -0.25) is 9.59 Å². The molecule has 2 aliphatic rings. The van der Waals surface area contributed by atoms with Crippen LogP contribution in [0.1, 0.15) is 32.6 Å². The molecule has 2 fully saturated rings. The van der Waals surface area contributed by atoms with Crippen molar-refractivity contribution in [3.8, 4) is 0 Å². The number of carbonyl (C=O) groups is 2. The zero-order valence-electron chi connectivity index (χ0n) is 11.3. The second-order valence-corrected chi connectivity index (χ2v) is 5.34. The average Bonchev–Trinajstić information content (AvgIpc) is 2.51. The largest absolute Gasteiger partial charge is 0.344 e. The van der Waals surface area contributed by atoms with E-state index < -0.39 is 0 Å². The van der Waals surface area contributed by atoms with Gasteiger partial charge >= 0.3 is 0 Å². The highest BCUT2D eigenvalue weighted by molar-refractivity contribution is 5.90. The Bertz CT molecular complexity index is 324. The molecule has 2 aliphatic heterocycles. The number of nitrogens with one attached hydrogen (secondary N) is 1. The van der Waals surface area contributed by atoms with Crippen molar-refractivity contribution in [2.45, 2.75) is 44.7 Å². The molecule has 1 unspecified atom stereocenters. The summed E-state index contributed by atoms with van der Waals surface area (Å²) in [4.78, 5) is 28.2. The van der Waals surface area contributed by atoms with Crippen molar-refractivity contribution in [3.05, 3.63) is 0 Å². The SMILES string of the molecule is CCC1NC(=O)CCN(C2CCN(C)CC2)C1=O. The van der Waals surface area contributed by atoms with Crippen LogP contribution >= 0.6 is 0 Å². The molecule has 0 radical (unpaired) electrons. The molecule has 0 aromatic rings. The fourth-order valence-corrected chi connectivity index (χ4v) is 2.81. The van der Waals surface area contributed by atoms with Crippen LogP contribution in [0.15, 0.2) is 0 Å². The average molecular weight is 253 g/mol. The van der Waals surface area contributed by atoms with Gasteiger partial charge in [-0.15, -0.1) is 0 Å². The fraction of sp³-hybridized carbons (Fsp3) is 0.846. The minimum Gasteiger partial charge on any atom is -0.344 e. The maximum Gasteiger partial charge on any atom is 0.245 e. The van der Waals surface area contributed by atoms with Gasteiger partial charge in [-0.1, -0.05) is 6.92 Å². The van der Waals surface area contributed by atoms with Crippen LogP contribution in [-0.4, -0.2) is 60.4 Å². The first kappa shape index (κ1) is 13.3. The second kappa shape index (κ2) is 5.69. The zero-order chi connectivity index (χ0) is 13.1. The molecule has 102 valence electrons. The molecule has 2 saturated heterocycles. The Morgan fingerprint density at radius 2 is 1.89 bits per heavy atom. The highest BCUT2D eigenvalue weighted by atomic mass is 16.2. The van der Waals surface area contributed by atoms with Crippen LogP contribution in [-0.2, 0) is 9.59 Å². The summed E-state index contributed by atoms with van der Waals surface area (Å²) in [6.45, 7) is 4.59. The minimum atomic E-state index is -0.320. The first-order valence-electron chi connectivity index (χ1n) is 6.90. The van der Waals surface area contributed by atoms with E-state index >= 15 is 0 Å². The van der Waals surface area contributed by atoms with Crippen LogP contribution in [0.5, 0.6) is 0 Å². The minimum absolute atomic E-state index is 0.00521. The van der Waals surface area contributed by atoms with E-state index in [2.05, 4.69) is 17.3 Å². The molecule has 5 nitrogen and oxygen atoms in total. The van der Waals surface area contributed by atoms with Crippen molar-refractivity contribution in [3.63, 3.8) is 0 Å². The molecule has 0 aromatic heterocycles. The lowest BCUT2D eigenvalue weighted by molar-refractivity contribution is -0.136. The number of likely N-dealkylation sites (tertiary alicyclic amines) is 1. The first-order valence-corrected chi connectivity index (χ1v) is 6.90. The normalized spacial score (nSPS) is 28.1. The molecule has 0 aliphatic carbocycles. The van der Waals surface area contributed by atoms with E-state index in [1.54, 1.807) is 0 Å². The maximum absolute atomic E-state index is 12.4. The number of nitrogens with zero attached hydrogens (tertiary/aromatic N) is 2. The summed E-state index contributed by atoms with van der Waals surface area (Å²) in [6.07, 6.45) is 3.15. The van der Waals surface area contributed by atoms with Crippen molar-refractivity contribution < 1.29 is 9.59 Å². The van der Waals surface area contributed by atoms with Gasteiger partial charge in [0.2, 0.25) is 11.8 Å². The van der Waals surface area contributed by atoms with Crippen LogP contribution in [0.4, 0.5) is 0 Å². The van der Waals surface area contributed by atoms with Crippen molar-refractivity contribution in [1.29, 1.82) is 0 Å². The van der Waals surface area contributed by atoms with Crippen LogP contribution in [0.25, 0.3) is 0 Å². The lowest BCUT2D eigenvalue weighted by atomic mass is 10.0. The number of hydrogen-bond donors (Lipinski definition) is 1. The standard InChI is InChI=1S/C13H23N3O2/c1-3-11-13(18)16(9-6-12(17)14-11)10-4-7-15(2)8-5-10/h10-11H,3-9H2,1-2H3,(H,14,17). The monoisotopic (exact) mass is 253 g/mol. The molecule has 18 heavy (non-hydrogen) atoms. The molecule has 0 bridgehead atoms. The molecule has 1 atom stereocenters. The molecule has 0 spiro atoms. The highest BCUT2D eigenvalue weighted by Crippen LogP contribution is 2.19. The number of rotatable bonds is 2. The molecule has 0 saturated carbocycles. The van der Waals surface area contributed by atoms with Crippen LogP contribution in [0.3, 0.4) is 0 Å². The van der Waals surface area contributed by atoms with Gasteiger partial charge < -0.3 is 15.1 Å². The third-order valence-electron chi connectivity index (χ3n) is 4.03. The van der Waals surface area contributed by atoms with Crippen LogP contribution in [0.2, 0.25) is 0 Å². The van der Waals surface area contributed by atoms with Gasteiger partial charge in [-0.25, -0.2) is 0 Å². The predicted molar refractivity (Wildman–Crippen MR) is 69.1 cm³/mol. The summed E-state index contributed by atoms with van der Waals surface area (Å²) in [5, 5.41) is 2.82. The number of carbonyl (C=O) groups excluding carboxylic acids is 2. The van der Waals surface area contributed by atoms with Gasteiger partial charge in [0.25, 0.3) is 0 Å². The van der Waals surface area contributed by atoms with E-state index in [0.717, 1.165) is 25.9 Å². The smallest absolute Gasteiger partial charge is 0.245 e. The number of piperidine rings is 1. The molecule has 1 N–H and O–H groups in total. The zero-order valence-corrected chi connectivity index (χ0v) is 11.3. The predicted octanol–water partition coefficient (Wildman–Crippen LogP) is 0.208. The topological polar surface area (TPSA) is 52.7 Å². The van der Waals surface area contributed by atoms with E-state index in [1.807, 2.05) is 11.8 Å². The Morgan fingerprint density at radius 3 is 2.50 bits per heavy atom. The van der Waals surface area contributed by atoms with E-state index in [-0.39, 0.29) is 17.9 Å². The third kappa shape index (κ3) is 2.83. The Balaban J connectivity index is 2.05. The summed E-state index contributed by atoms with van der Waals surface area (Å²) in [7, 11) is 2.11. The Kier molecular flexibility index (Phi) is 4.22. The molecular formula is C13H23N3O2. The maximum atomic E-state index is 12.4. The molecular weight excluding hydrogens is 230 g/mol. The quantitative estimate of drug-likeness (QED) is 0.765. The van der Waals surface area contributed by atoms with Gasteiger partial charge in [0.05, 0.1) is 0 Å². The summed E-state index contributed by atoms with van der Waals surface area (Å²) in [5.74, 6) is 0.114. The van der Waals surface area contributed by atoms with Crippen molar-refractivity contribution in [2.24, 2.45) is 0 Å². The molecule has 5 heteroatoms. The lowest BCUT2D eigenvalue weighted by Gasteiger charge is -2.37. The molecule has 0 aromatic carbocycles. The Labute approximate surface area is 108 Å². The third-order valence-corrected chi connectivity index (χ3v) is 4.03. The van der Waals surface area contributed by atoms with E-state index in [4.69, 9.17) is 0 Å². The first-order chi connectivity index (χ1) is 8.61. The Morgan fingerprint density at radius 1 is 1.22 bits per heavy atom. The summed E-state index contributed by atoms with van der Waals surface area (Å²) in [6, 6.07) is -0.00453. The van der Waals surface area contributed by atoms with Gasteiger partial charge in [-0.05, 0) is 39.4 Å². The fourth-order valence-electron chi connectivity index (χ4n) is 2.81. The second-order valence-electron chi connectivity index (χ2n) is 5.34. The van der Waals surface area contributed by atoms with Gasteiger partial charge in [0.1, 0.15) is 6.04 Å². The van der Waals surface area contributed by atoms with Crippen LogP contribution in [0, 0.1) is 0 Å². The van der Waals surface area contributed by atoms with E-state index in [0.29, 0.717) is 25.4 Å². The van der Waals surface area contributed by atoms with Crippen molar-refractivity contribution in [2.75, 3.05) is 26.7 Å². The Hall–Kier alpha value is -1.10. The molecule has 2 rings (SSSR count). The van der Waals surface area contributed by atoms with Crippen LogP contribution < -0.4 is 5.32 Å². The highest BCUT2D eigenvalue weighted by Gasteiger charge is 2.33. The molecule has 2 heterocycles. The lowest BCUT2D eigenvalue weighted by Crippen LogP contribution is -2.51. The van der Waals surface area contributed by atoms with E-state index in [9.17, 15) is 9.59 Å². The van der Waals surface area contributed by atoms with Crippen molar-refractivity contribution >= 4 is 11.8 Å². The molecule has 2 amide bonds. The van der Waals surface area contributed by atoms with Gasteiger partial charge in [-0.2, -0.15) is 0 Å². The van der Waals surface area contributed by atoms with E-state index in [1.165, 1.54) is 0 Å². The number of hydrogen-bond acceptors (Lipinski definition) is 3. The van der Waals surface area contributed by atoms with Gasteiger partial charge in [0, 0.05) is 19.0 Å². The van der Waals surface area contributed by atoms with Crippen molar-refractivity contribution in [1.82, 2.24) is 15.1 Å². The summed E-state index contributed by atoms with van der Waals surface area (Å²) < 4.78 is 0. The number of amides is 2. The summed E-state index contributed by atoms with van der Waals surface area (Å²) >= 11 is 0. The van der Waals surface area contributed by atoms with Gasteiger partial charge in [0.15, 0.2) is 0 Å². The summed E-state index contributed by atoms with van der Waals surface area (Å²) in [5.41, 5.74) is 0.